The summed E-state index contributed by atoms with van der Waals surface area (Å²) in [5, 5.41) is 8.56. The number of nitrogens with two attached hydrogens (primary N) is 1. The first-order valence-corrected chi connectivity index (χ1v) is 14.5. The number of carbonyl (C=O) groups is 1. The van der Waals surface area contributed by atoms with Crippen LogP contribution in [0, 0.1) is 0 Å². The monoisotopic (exact) mass is 568 g/mol. The summed E-state index contributed by atoms with van der Waals surface area (Å²) in [6.07, 6.45) is 4.31. The molecule has 0 radical (unpaired) electrons. The standard InChI is InChI=1S/C27H56N2O10/c1-2-11-32-12-4-3-5-13-33-16-8-29(10-18-37-22-26-39-24-20-35-15-7-28)9-17-36-21-25-38-23-19-34-14-6-27(30)31/h2-26,28H2,1H3,(H,30,31). The minimum atomic E-state index is -0.866. The van der Waals surface area contributed by atoms with Gasteiger partial charge in [-0.3, -0.25) is 9.69 Å². The predicted octanol–water partition coefficient (Wildman–Crippen LogP) is 1.43. The van der Waals surface area contributed by atoms with Gasteiger partial charge in [-0.25, -0.2) is 0 Å². The summed E-state index contributed by atoms with van der Waals surface area (Å²) >= 11 is 0. The highest BCUT2D eigenvalue weighted by atomic mass is 16.5. The first kappa shape index (κ1) is 38.1. The molecular weight excluding hydrogens is 512 g/mol. The van der Waals surface area contributed by atoms with E-state index in [0.717, 1.165) is 65.1 Å². The molecule has 0 aromatic heterocycles. The van der Waals surface area contributed by atoms with Crippen molar-refractivity contribution in [1.82, 2.24) is 4.90 Å². The van der Waals surface area contributed by atoms with Crippen LogP contribution in [0.2, 0.25) is 0 Å². The smallest absolute Gasteiger partial charge is 0.305 e. The number of ether oxygens (including phenoxy) is 8. The van der Waals surface area contributed by atoms with Crippen molar-refractivity contribution >= 4 is 5.97 Å². The van der Waals surface area contributed by atoms with Crippen molar-refractivity contribution in [2.75, 3.05) is 132 Å². The van der Waals surface area contributed by atoms with Gasteiger partial charge < -0.3 is 48.7 Å². The molecule has 0 amide bonds. The van der Waals surface area contributed by atoms with Gasteiger partial charge in [0.1, 0.15) is 0 Å². The Morgan fingerprint density at radius 1 is 0.538 bits per heavy atom. The van der Waals surface area contributed by atoms with Gasteiger partial charge in [-0.15, -0.1) is 0 Å². The largest absolute Gasteiger partial charge is 0.481 e. The highest BCUT2D eigenvalue weighted by molar-refractivity contribution is 5.66. The summed E-state index contributed by atoms with van der Waals surface area (Å²) in [4.78, 5) is 12.7. The second-order valence-corrected chi connectivity index (χ2v) is 8.73. The summed E-state index contributed by atoms with van der Waals surface area (Å²) in [5.41, 5.74) is 5.37. The third-order valence-corrected chi connectivity index (χ3v) is 5.29. The third-order valence-electron chi connectivity index (χ3n) is 5.29. The number of carboxylic acids is 1. The van der Waals surface area contributed by atoms with Crippen LogP contribution in [0.1, 0.15) is 39.0 Å². The van der Waals surface area contributed by atoms with Crippen LogP contribution in [0.15, 0.2) is 0 Å². The Morgan fingerprint density at radius 3 is 1.36 bits per heavy atom. The molecule has 0 saturated heterocycles. The lowest BCUT2D eigenvalue weighted by Gasteiger charge is -2.22. The second kappa shape index (κ2) is 33.3. The maximum Gasteiger partial charge on any atom is 0.305 e. The van der Waals surface area contributed by atoms with Gasteiger partial charge in [0, 0.05) is 46.0 Å². The Kier molecular flexibility index (Phi) is 32.5. The quantitative estimate of drug-likeness (QED) is 0.109. The van der Waals surface area contributed by atoms with Crippen LogP contribution in [0.3, 0.4) is 0 Å². The van der Waals surface area contributed by atoms with E-state index in [1.807, 2.05) is 0 Å². The van der Waals surface area contributed by atoms with Gasteiger partial charge in [0.2, 0.25) is 0 Å². The van der Waals surface area contributed by atoms with Crippen molar-refractivity contribution in [1.29, 1.82) is 0 Å². The molecule has 0 aromatic rings. The number of nitrogens with zero attached hydrogens (tertiary/aromatic N) is 1. The van der Waals surface area contributed by atoms with E-state index in [2.05, 4.69) is 11.8 Å². The lowest BCUT2D eigenvalue weighted by Crippen LogP contribution is -2.34. The van der Waals surface area contributed by atoms with Gasteiger partial charge in [-0.05, 0) is 25.7 Å². The summed E-state index contributed by atoms with van der Waals surface area (Å²) in [7, 11) is 0. The molecule has 0 fully saturated rings. The molecule has 3 N–H and O–H groups in total. The third kappa shape index (κ3) is 33.2. The topological polar surface area (TPSA) is 140 Å². The van der Waals surface area contributed by atoms with Crippen molar-refractivity contribution < 1.29 is 47.8 Å². The SMILES string of the molecule is CCCOCCCCCOCCN(CCOCCOCCOCCN)CCOCCOCCOCCC(=O)O. The van der Waals surface area contributed by atoms with Gasteiger partial charge in [-0.2, -0.15) is 0 Å². The fraction of sp³-hybridized carbons (Fsp3) is 0.963. The Bertz CT molecular complexity index is 467. The number of aliphatic carboxylic acids is 1. The Balaban J connectivity index is 3.89. The Labute approximate surface area is 235 Å². The molecular formula is C27H56N2O10. The molecule has 0 spiro atoms. The average Bonchev–Trinajstić information content (AvgIpc) is 2.93. The van der Waals surface area contributed by atoms with Crippen molar-refractivity contribution in [2.24, 2.45) is 5.73 Å². The molecule has 0 saturated carbocycles. The van der Waals surface area contributed by atoms with Crippen LogP contribution in [0.25, 0.3) is 0 Å². The van der Waals surface area contributed by atoms with Crippen LogP contribution in [0.5, 0.6) is 0 Å². The number of hydrogen-bond donors (Lipinski definition) is 2. The molecule has 0 aliphatic carbocycles. The molecule has 0 aliphatic rings. The maximum absolute atomic E-state index is 10.4. The zero-order valence-electron chi connectivity index (χ0n) is 24.3. The predicted molar refractivity (Wildman–Crippen MR) is 148 cm³/mol. The van der Waals surface area contributed by atoms with Gasteiger partial charge in [-0.1, -0.05) is 6.92 Å². The van der Waals surface area contributed by atoms with Gasteiger partial charge in [0.25, 0.3) is 0 Å². The highest BCUT2D eigenvalue weighted by Gasteiger charge is 2.06. The summed E-state index contributed by atoms with van der Waals surface area (Å²) in [6.45, 7) is 14.0. The van der Waals surface area contributed by atoms with E-state index in [-0.39, 0.29) is 13.0 Å². The first-order valence-electron chi connectivity index (χ1n) is 14.5. The minimum Gasteiger partial charge on any atom is -0.481 e. The molecule has 0 bridgehead atoms. The molecule has 234 valence electrons. The second-order valence-electron chi connectivity index (χ2n) is 8.73. The van der Waals surface area contributed by atoms with E-state index in [4.69, 9.17) is 48.7 Å². The molecule has 0 unspecified atom stereocenters. The van der Waals surface area contributed by atoms with Crippen molar-refractivity contribution in [3.05, 3.63) is 0 Å². The zero-order chi connectivity index (χ0) is 28.5. The van der Waals surface area contributed by atoms with E-state index in [1.54, 1.807) is 0 Å². The number of carboxylic acid groups (broad SMARTS) is 1. The van der Waals surface area contributed by atoms with Crippen LogP contribution in [-0.4, -0.2) is 148 Å². The average molecular weight is 569 g/mol. The highest BCUT2D eigenvalue weighted by Crippen LogP contribution is 1.98. The fourth-order valence-corrected chi connectivity index (χ4v) is 3.18. The van der Waals surface area contributed by atoms with E-state index in [9.17, 15) is 4.79 Å². The molecule has 0 aliphatic heterocycles. The van der Waals surface area contributed by atoms with Crippen molar-refractivity contribution in [2.45, 2.75) is 39.0 Å². The summed E-state index contributed by atoms with van der Waals surface area (Å²) in [5.74, 6) is -0.866. The van der Waals surface area contributed by atoms with Gasteiger partial charge >= 0.3 is 5.97 Å². The molecule has 12 heteroatoms. The van der Waals surface area contributed by atoms with Crippen LogP contribution < -0.4 is 5.73 Å². The molecule has 0 heterocycles. The molecule has 0 aromatic carbocycles. The van der Waals surface area contributed by atoms with Crippen molar-refractivity contribution in [3.63, 3.8) is 0 Å². The van der Waals surface area contributed by atoms with E-state index in [1.165, 1.54) is 0 Å². The van der Waals surface area contributed by atoms with Crippen LogP contribution >= 0.6 is 0 Å². The molecule has 12 nitrogen and oxygen atoms in total. The first-order chi connectivity index (χ1) is 19.2. The number of hydrogen-bond acceptors (Lipinski definition) is 11. The molecule has 39 heavy (non-hydrogen) atoms. The fourth-order valence-electron chi connectivity index (χ4n) is 3.18. The molecule has 0 rings (SSSR count). The van der Waals surface area contributed by atoms with Crippen molar-refractivity contribution in [3.8, 4) is 0 Å². The lowest BCUT2D eigenvalue weighted by atomic mass is 10.2. The van der Waals surface area contributed by atoms with Crippen LogP contribution in [0.4, 0.5) is 0 Å². The Hall–Kier alpha value is -0.930. The summed E-state index contributed by atoms with van der Waals surface area (Å²) in [6, 6.07) is 0. The van der Waals surface area contributed by atoms with E-state index < -0.39 is 5.97 Å². The zero-order valence-corrected chi connectivity index (χ0v) is 24.3. The number of unbranched alkanes of at least 4 members (excludes halogenated alkanes) is 2. The van der Waals surface area contributed by atoms with Gasteiger partial charge in [0.05, 0.1) is 92.3 Å². The summed E-state index contributed by atoms with van der Waals surface area (Å²) < 4.78 is 44.1. The minimum absolute atomic E-state index is 0.00305. The number of rotatable bonds is 34. The normalized spacial score (nSPS) is 11.6. The van der Waals surface area contributed by atoms with E-state index in [0.29, 0.717) is 85.8 Å². The van der Waals surface area contributed by atoms with Crippen LogP contribution in [-0.2, 0) is 42.7 Å². The lowest BCUT2D eigenvalue weighted by molar-refractivity contribution is -0.138. The van der Waals surface area contributed by atoms with E-state index >= 15 is 0 Å². The molecule has 0 atom stereocenters. The maximum atomic E-state index is 10.4. The van der Waals surface area contributed by atoms with Gasteiger partial charge in [0.15, 0.2) is 0 Å². The Morgan fingerprint density at radius 2 is 0.923 bits per heavy atom.